The van der Waals surface area contributed by atoms with Gasteiger partial charge in [-0.05, 0) is 44.0 Å². The molecule has 1 aliphatic rings. The largest absolute Gasteiger partial charge is 0.334 e. The van der Waals surface area contributed by atoms with E-state index in [1.165, 1.54) is 0 Å². The molecule has 3 heterocycles. The fraction of sp³-hybridized carbons (Fsp3) is 0.190. The van der Waals surface area contributed by atoms with Crippen LogP contribution in [0.1, 0.15) is 40.6 Å². The van der Waals surface area contributed by atoms with Gasteiger partial charge in [0.1, 0.15) is 17.8 Å². The maximum absolute atomic E-state index is 12.5. The quantitative estimate of drug-likeness (QED) is 0.561. The molecule has 1 N–H and O–H groups in total. The number of carbonyl (C=O) groups excluding carboxylic acids is 1. The van der Waals surface area contributed by atoms with Crippen molar-refractivity contribution in [2.24, 2.45) is 0 Å². The van der Waals surface area contributed by atoms with Gasteiger partial charge in [-0.2, -0.15) is 4.98 Å². The number of aromatic nitrogens is 5. The molecule has 0 spiro atoms. The van der Waals surface area contributed by atoms with Crippen molar-refractivity contribution in [3.05, 3.63) is 72.2 Å². The Bertz CT molecular complexity index is 1170. The highest BCUT2D eigenvalue weighted by Crippen LogP contribution is 2.38. The number of amides is 1. The van der Waals surface area contributed by atoms with Gasteiger partial charge in [-0.3, -0.25) is 9.36 Å². The summed E-state index contributed by atoms with van der Waals surface area (Å²) >= 11 is 0. The monoisotopic (exact) mass is 386 g/mol. The average Bonchev–Trinajstić information content (AvgIpc) is 3.27. The number of pyridine rings is 1. The van der Waals surface area contributed by atoms with E-state index in [1.54, 1.807) is 23.3 Å². The van der Waals surface area contributed by atoms with Gasteiger partial charge in [-0.15, -0.1) is 0 Å². The molecule has 1 saturated carbocycles. The van der Waals surface area contributed by atoms with Gasteiger partial charge in [0.05, 0.1) is 0 Å². The number of imidazole rings is 1. The molecule has 144 valence electrons. The Hall–Kier alpha value is -3.81. The summed E-state index contributed by atoms with van der Waals surface area (Å²) in [6.45, 7) is 2.00. The normalized spacial score (nSPS) is 13.4. The molecule has 0 unspecified atom stereocenters. The van der Waals surface area contributed by atoms with Crippen LogP contribution in [0, 0.1) is 6.92 Å². The molecular weight excluding hydrogens is 368 g/mol. The molecule has 1 fully saturated rings. The number of anilines is 1. The maximum Gasteiger partial charge on any atom is 0.275 e. The second-order valence-corrected chi connectivity index (χ2v) is 7.12. The van der Waals surface area contributed by atoms with Crippen molar-refractivity contribution in [2.75, 3.05) is 5.32 Å². The topological polar surface area (TPSA) is 98.7 Å². The first-order valence-electron chi connectivity index (χ1n) is 9.38. The van der Waals surface area contributed by atoms with Gasteiger partial charge < -0.3 is 9.84 Å². The summed E-state index contributed by atoms with van der Waals surface area (Å²) in [7, 11) is 0. The minimum atomic E-state index is -0.283. The van der Waals surface area contributed by atoms with Gasteiger partial charge in [-0.1, -0.05) is 22.9 Å². The summed E-state index contributed by atoms with van der Waals surface area (Å²) in [5.41, 5.74) is 2.92. The molecule has 0 atom stereocenters. The average molecular weight is 386 g/mol. The molecule has 0 saturated heterocycles. The minimum absolute atomic E-state index is 0.283. The molecule has 8 heteroatoms. The van der Waals surface area contributed by atoms with Crippen LogP contribution in [0.3, 0.4) is 0 Å². The van der Waals surface area contributed by atoms with E-state index in [-0.39, 0.29) is 5.91 Å². The van der Waals surface area contributed by atoms with E-state index in [0.29, 0.717) is 23.3 Å². The van der Waals surface area contributed by atoms with Gasteiger partial charge >= 0.3 is 0 Å². The Morgan fingerprint density at radius 2 is 2.00 bits per heavy atom. The van der Waals surface area contributed by atoms with E-state index in [4.69, 9.17) is 4.52 Å². The number of rotatable bonds is 5. The van der Waals surface area contributed by atoms with Crippen molar-refractivity contribution in [3.63, 3.8) is 0 Å². The molecule has 0 bridgehead atoms. The van der Waals surface area contributed by atoms with Crippen LogP contribution in [0.15, 0.2) is 59.6 Å². The van der Waals surface area contributed by atoms with E-state index in [9.17, 15) is 4.79 Å². The van der Waals surface area contributed by atoms with Crippen LogP contribution in [0.2, 0.25) is 0 Å². The van der Waals surface area contributed by atoms with E-state index in [1.807, 2.05) is 43.3 Å². The predicted molar refractivity (Wildman–Crippen MR) is 106 cm³/mol. The zero-order valence-electron chi connectivity index (χ0n) is 15.7. The highest BCUT2D eigenvalue weighted by atomic mass is 16.5. The van der Waals surface area contributed by atoms with Crippen LogP contribution < -0.4 is 5.32 Å². The molecule has 1 amide bonds. The second-order valence-electron chi connectivity index (χ2n) is 7.12. The number of nitrogens with one attached hydrogen (secondary N) is 1. The Morgan fingerprint density at radius 3 is 2.79 bits per heavy atom. The maximum atomic E-state index is 12.5. The number of carbonyl (C=O) groups is 1. The van der Waals surface area contributed by atoms with Crippen LogP contribution in [-0.2, 0) is 0 Å². The standard InChI is InChI=1S/C21H18N6O2/c1-13-2-6-16(7-3-13)24-20(28)17-11-27(12-23-17)18-10-15(8-9-22-18)21-25-19(26-29-21)14-4-5-14/h2-3,6-12,14H,4-5H2,1H3,(H,24,28). The van der Waals surface area contributed by atoms with Crippen molar-refractivity contribution in [1.82, 2.24) is 24.7 Å². The lowest BCUT2D eigenvalue weighted by atomic mass is 10.2. The van der Waals surface area contributed by atoms with Crippen LogP contribution in [0.4, 0.5) is 5.69 Å². The summed E-state index contributed by atoms with van der Waals surface area (Å²) in [6.07, 6.45) is 7.09. The minimum Gasteiger partial charge on any atom is -0.334 e. The summed E-state index contributed by atoms with van der Waals surface area (Å²) < 4.78 is 7.07. The summed E-state index contributed by atoms with van der Waals surface area (Å²) in [5.74, 6) is 1.98. The zero-order chi connectivity index (χ0) is 19.8. The number of nitrogens with zero attached hydrogens (tertiary/aromatic N) is 5. The Balaban J connectivity index is 1.35. The molecule has 5 rings (SSSR count). The highest BCUT2D eigenvalue weighted by Gasteiger charge is 2.29. The molecule has 1 aliphatic carbocycles. The fourth-order valence-corrected chi connectivity index (χ4v) is 2.95. The first-order chi connectivity index (χ1) is 14.2. The van der Waals surface area contributed by atoms with Gasteiger partial charge in [0, 0.05) is 29.6 Å². The molecule has 1 aromatic carbocycles. The van der Waals surface area contributed by atoms with Crippen LogP contribution >= 0.6 is 0 Å². The summed E-state index contributed by atoms with van der Waals surface area (Å²) in [6, 6.07) is 11.2. The van der Waals surface area contributed by atoms with Crippen molar-refractivity contribution in [2.45, 2.75) is 25.7 Å². The highest BCUT2D eigenvalue weighted by molar-refractivity contribution is 6.02. The van der Waals surface area contributed by atoms with Crippen molar-refractivity contribution in [1.29, 1.82) is 0 Å². The third kappa shape index (κ3) is 3.64. The second kappa shape index (κ2) is 6.97. The number of hydrogen-bond acceptors (Lipinski definition) is 6. The van der Waals surface area contributed by atoms with Gasteiger partial charge in [0.15, 0.2) is 5.82 Å². The van der Waals surface area contributed by atoms with Crippen LogP contribution in [0.25, 0.3) is 17.3 Å². The molecule has 3 aromatic heterocycles. The number of benzene rings is 1. The molecule has 29 heavy (non-hydrogen) atoms. The third-order valence-corrected chi connectivity index (χ3v) is 4.77. The number of aryl methyl sites for hydroxylation is 1. The Morgan fingerprint density at radius 1 is 1.17 bits per heavy atom. The lowest BCUT2D eigenvalue weighted by molar-refractivity contribution is 0.102. The molecule has 4 aromatic rings. The van der Waals surface area contributed by atoms with Gasteiger partial charge in [0.2, 0.25) is 0 Å². The third-order valence-electron chi connectivity index (χ3n) is 4.77. The molecule has 0 radical (unpaired) electrons. The van der Waals surface area contributed by atoms with Crippen molar-refractivity contribution < 1.29 is 9.32 Å². The van der Waals surface area contributed by atoms with E-state index >= 15 is 0 Å². The first-order valence-corrected chi connectivity index (χ1v) is 9.38. The molecule has 0 aliphatic heterocycles. The van der Waals surface area contributed by atoms with E-state index in [2.05, 4.69) is 25.4 Å². The fourth-order valence-electron chi connectivity index (χ4n) is 2.95. The van der Waals surface area contributed by atoms with E-state index in [0.717, 1.165) is 35.5 Å². The van der Waals surface area contributed by atoms with Gasteiger partial charge in [0.25, 0.3) is 11.8 Å². The Labute approximate surface area is 166 Å². The molecule has 8 nitrogen and oxygen atoms in total. The van der Waals surface area contributed by atoms with E-state index < -0.39 is 0 Å². The van der Waals surface area contributed by atoms with Crippen molar-refractivity contribution in [3.8, 4) is 17.3 Å². The first kappa shape index (κ1) is 17.3. The zero-order valence-corrected chi connectivity index (χ0v) is 15.7. The smallest absolute Gasteiger partial charge is 0.275 e. The molecular formula is C21H18N6O2. The Kier molecular flexibility index (Phi) is 4.16. The lowest BCUT2D eigenvalue weighted by Gasteiger charge is -2.03. The summed E-state index contributed by atoms with van der Waals surface area (Å²) in [5, 5.41) is 6.89. The number of hydrogen-bond donors (Lipinski definition) is 1. The van der Waals surface area contributed by atoms with Crippen molar-refractivity contribution >= 4 is 11.6 Å². The summed E-state index contributed by atoms with van der Waals surface area (Å²) in [4.78, 5) is 25.5. The lowest BCUT2D eigenvalue weighted by Crippen LogP contribution is -2.12. The van der Waals surface area contributed by atoms with Crippen LogP contribution in [0.5, 0.6) is 0 Å². The van der Waals surface area contributed by atoms with Crippen LogP contribution in [-0.4, -0.2) is 30.6 Å². The predicted octanol–water partition coefficient (Wildman–Crippen LogP) is 3.76. The SMILES string of the molecule is Cc1ccc(NC(=O)c2cn(-c3cc(-c4nc(C5CC5)no4)ccn3)cn2)cc1. The van der Waals surface area contributed by atoms with Gasteiger partial charge in [-0.25, -0.2) is 9.97 Å².